The molecule has 0 radical (unpaired) electrons. The molecular formula is C22H21N7O2. The molecule has 0 bridgehead atoms. The van der Waals surface area contributed by atoms with E-state index in [-0.39, 0.29) is 11.8 Å². The number of hydrogen-bond donors (Lipinski definition) is 3. The van der Waals surface area contributed by atoms with Crippen LogP contribution in [0.1, 0.15) is 35.1 Å². The molecule has 0 saturated carbocycles. The summed E-state index contributed by atoms with van der Waals surface area (Å²) in [6.07, 6.45) is 3.80. The van der Waals surface area contributed by atoms with Crippen molar-refractivity contribution in [2.75, 3.05) is 18.4 Å². The molecule has 4 heterocycles. The molecule has 1 amide bonds. The fraction of sp³-hybridized carbons (Fsp3) is 0.227. The average molecular weight is 415 g/mol. The number of rotatable bonds is 5. The van der Waals surface area contributed by atoms with Gasteiger partial charge in [-0.2, -0.15) is 10.1 Å². The number of amides is 1. The number of carbonyl (C=O) groups is 1. The molecule has 156 valence electrons. The smallest absolute Gasteiger partial charge is 0.274 e. The van der Waals surface area contributed by atoms with Gasteiger partial charge in [0.15, 0.2) is 0 Å². The van der Waals surface area contributed by atoms with Gasteiger partial charge in [-0.25, -0.2) is 4.98 Å². The van der Waals surface area contributed by atoms with Gasteiger partial charge in [-0.15, -0.1) is 0 Å². The predicted molar refractivity (Wildman–Crippen MR) is 114 cm³/mol. The number of nitrogens with zero attached hydrogens (tertiary/aromatic N) is 4. The maximum absolute atomic E-state index is 12.6. The highest BCUT2D eigenvalue weighted by Crippen LogP contribution is 2.25. The first-order valence-electron chi connectivity index (χ1n) is 10.2. The van der Waals surface area contributed by atoms with Gasteiger partial charge in [0.2, 0.25) is 11.7 Å². The first-order chi connectivity index (χ1) is 15.3. The van der Waals surface area contributed by atoms with E-state index in [0.29, 0.717) is 28.8 Å². The number of pyridine rings is 1. The third-order valence-corrected chi connectivity index (χ3v) is 5.25. The zero-order valence-electron chi connectivity index (χ0n) is 16.7. The molecule has 1 aromatic carbocycles. The Bertz CT molecular complexity index is 1160. The van der Waals surface area contributed by atoms with Gasteiger partial charge in [-0.3, -0.25) is 9.89 Å². The Labute approximate surface area is 178 Å². The summed E-state index contributed by atoms with van der Waals surface area (Å²) in [5, 5.41) is 17.1. The molecular weight excluding hydrogens is 394 g/mol. The minimum Gasteiger partial charge on any atom is -0.339 e. The Kier molecular flexibility index (Phi) is 5.24. The van der Waals surface area contributed by atoms with Crippen molar-refractivity contribution in [1.29, 1.82) is 0 Å². The summed E-state index contributed by atoms with van der Waals surface area (Å²) in [5.41, 5.74) is 3.21. The van der Waals surface area contributed by atoms with E-state index in [1.165, 1.54) is 0 Å². The van der Waals surface area contributed by atoms with Crippen molar-refractivity contribution in [1.82, 2.24) is 30.6 Å². The Morgan fingerprint density at radius 2 is 2.00 bits per heavy atom. The van der Waals surface area contributed by atoms with E-state index in [1.54, 1.807) is 24.4 Å². The first kappa shape index (κ1) is 19.1. The Morgan fingerprint density at radius 3 is 2.77 bits per heavy atom. The van der Waals surface area contributed by atoms with Crippen LogP contribution in [0, 0.1) is 0 Å². The second-order valence-corrected chi connectivity index (χ2v) is 7.41. The summed E-state index contributed by atoms with van der Waals surface area (Å²) in [7, 11) is 0. The highest BCUT2D eigenvalue weighted by molar-refractivity contribution is 6.03. The highest BCUT2D eigenvalue weighted by Gasteiger charge is 2.21. The van der Waals surface area contributed by atoms with Crippen LogP contribution in [-0.2, 0) is 0 Å². The molecule has 4 aromatic rings. The van der Waals surface area contributed by atoms with Gasteiger partial charge in [-0.1, -0.05) is 11.2 Å². The molecule has 0 spiro atoms. The minimum atomic E-state index is -0.291. The van der Waals surface area contributed by atoms with E-state index in [4.69, 9.17) is 4.52 Å². The number of anilines is 1. The molecule has 31 heavy (non-hydrogen) atoms. The van der Waals surface area contributed by atoms with Gasteiger partial charge in [-0.05, 0) is 61.9 Å². The summed E-state index contributed by atoms with van der Waals surface area (Å²) in [5.74, 6) is 1.19. The van der Waals surface area contributed by atoms with E-state index in [9.17, 15) is 4.79 Å². The monoisotopic (exact) mass is 415 g/mol. The predicted octanol–water partition coefficient (Wildman–Crippen LogP) is 3.24. The fourth-order valence-electron chi connectivity index (χ4n) is 3.59. The molecule has 3 aromatic heterocycles. The summed E-state index contributed by atoms with van der Waals surface area (Å²) in [6.45, 7) is 1.90. The van der Waals surface area contributed by atoms with Crippen LogP contribution < -0.4 is 10.6 Å². The van der Waals surface area contributed by atoms with Gasteiger partial charge in [0.05, 0.1) is 17.3 Å². The minimum absolute atomic E-state index is 0.263. The van der Waals surface area contributed by atoms with Crippen LogP contribution in [0.4, 0.5) is 5.69 Å². The van der Waals surface area contributed by atoms with Crippen LogP contribution in [-0.4, -0.2) is 44.3 Å². The zero-order chi connectivity index (χ0) is 21.0. The van der Waals surface area contributed by atoms with Crippen LogP contribution in [0.3, 0.4) is 0 Å². The van der Waals surface area contributed by atoms with E-state index >= 15 is 0 Å². The third kappa shape index (κ3) is 4.22. The van der Waals surface area contributed by atoms with Crippen molar-refractivity contribution in [3.05, 3.63) is 66.3 Å². The second-order valence-electron chi connectivity index (χ2n) is 7.41. The topological polar surface area (TPSA) is 122 Å². The summed E-state index contributed by atoms with van der Waals surface area (Å²) in [6, 6.07) is 14.4. The number of aromatic nitrogens is 5. The van der Waals surface area contributed by atoms with Crippen LogP contribution in [0.5, 0.6) is 0 Å². The van der Waals surface area contributed by atoms with Crippen molar-refractivity contribution < 1.29 is 9.32 Å². The first-order valence-corrected chi connectivity index (χ1v) is 10.2. The highest BCUT2D eigenvalue weighted by atomic mass is 16.5. The number of piperidine rings is 1. The molecule has 0 aliphatic carbocycles. The molecule has 3 N–H and O–H groups in total. The molecule has 5 rings (SSSR count). The number of nitrogens with one attached hydrogen (secondary N) is 3. The van der Waals surface area contributed by atoms with Crippen LogP contribution in [0.25, 0.3) is 22.8 Å². The summed E-state index contributed by atoms with van der Waals surface area (Å²) >= 11 is 0. The Hall–Kier alpha value is -3.85. The second kappa shape index (κ2) is 8.49. The fourth-order valence-corrected chi connectivity index (χ4v) is 3.59. The molecule has 1 unspecified atom stereocenters. The van der Waals surface area contributed by atoms with Gasteiger partial charge in [0.1, 0.15) is 5.69 Å². The van der Waals surface area contributed by atoms with E-state index in [0.717, 1.165) is 37.2 Å². The van der Waals surface area contributed by atoms with E-state index in [1.807, 2.05) is 30.3 Å². The van der Waals surface area contributed by atoms with Crippen molar-refractivity contribution in [2.45, 2.75) is 18.8 Å². The molecule has 1 fully saturated rings. The largest absolute Gasteiger partial charge is 0.339 e. The van der Waals surface area contributed by atoms with Crippen LogP contribution in [0.15, 0.2) is 59.3 Å². The maximum atomic E-state index is 12.6. The van der Waals surface area contributed by atoms with E-state index in [2.05, 4.69) is 36.0 Å². The number of hydrogen-bond acceptors (Lipinski definition) is 7. The molecule has 9 nitrogen and oxygen atoms in total. The Morgan fingerprint density at radius 1 is 1.10 bits per heavy atom. The standard InChI is InChI=1S/C22H21N7O2/c30-21(19-5-1-4-17(26-19)18-10-12-24-28-18)25-16-8-6-14(7-9-16)20-27-22(31-29-20)15-3-2-11-23-13-15/h1,4-10,12,15,23H,2-3,11,13H2,(H,24,28)(H,25,30). The zero-order valence-corrected chi connectivity index (χ0v) is 16.7. The van der Waals surface area contributed by atoms with Gasteiger partial charge in [0.25, 0.3) is 5.91 Å². The summed E-state index contributed by atoms with van der Waals surface area (Å²) in [4.78, 5) is 21.6. The van der Waals surface area contributed by atoms with E-state index < -0.39 is 0 Å². The van der Waals surface area contributed by atoms with Gasteiger partial charge < -0.3 is 15.2 Å². The molecule has 9 heteroatoms. The quantitative estimate of drug-likeness (QED) is 0.457. The molecule has 1 saturated heterocycles. The number of aromatic amines is 1. The van der Waals surface area contributed by atoms with Crippen molar-refractivity contribution >= 4 is 11.6 Å². The lowest BCUT2D eigenvalue weighted by molar-refractivity contribution is 0.102. The van der Waals surface area contributed by atoms with Crippen molar-refractivity contribution in [3.8, 4) is 22.8 Å². The van der Waals surface area contributed by atoms with Gasteiger partial charge >= 0.3 is 0 Å². The maximum Gasteiger partial charge on any atom is 0.274 e. The van der Waals surface area contributed by atoms with Crippen molar-refractivity contribution in [3.63, 3.8) is 0 Å². The molecule has 1 aliphatic heterocycles. The average Bonchev–Trinajstić information content (AvgIpc) is 3.53. The van der Waals surface area contributed by atoms with Crippen LogP contribution in [0.2, 0.25) is 0 Å². The Balaban J connectivity index is 1.27. The lowest BCUT2D eigenvalue weighted by Gasteiger charge is -2.18. The molecule has 1 aliphatic rings. The van der Waals surface area contributed by atoms with Crippen LogP contribution >= 0.6 is 0 Å². The lowest BCUT2D eigenvalue weighted by Crippen LogP contribution is -2.28. The van der Waals surface area contributed by atoms with Gasteiger partial charge in [0, 0.05) is 24.0 Å². The number of H-pyrrole nitrogens is 1. The number of benzene rings is 1. The molecule has 1 atom stereocenters. The van der Waals surface area contributed by atoms with Crippen molar-refractivity contribution in [2.24, 2.45) is 0 Å². The number of carbonyl (C=O) groups excluding carboxylic acids is 1. The normalized spacial score (nSPS) is 16.2. The third-order valence-electron chi connectivity index (χ3n) is 5.25. The SMILES string of the molecule is O=C(Nc1ccc(-c2noc(C3CCCNC3)n2)cc1)c1cccc(-c2ccn[nH]2)n1. The summed E-state index contributed by atoms with van der Waals surface area (Å²) < 4.78 is 5.47. The lowest BCUT2D eigenvalue weighted by atomic mass is 10.00.